The maximum atomic E-state index is 12.4. The molecule has 1 aromatic carbocycles. The number of amides is 1. The zero-order valence-electron chi connectivity index (χ0n) is 14.8. The second-order valence-electron chi connectivity index (χ2n) is 6.17. The second kappa shape index (κ2) is 6.83. The molecule has 0 saturated carbocycles. The standard InChI is InChI=1S/C18H19N5O3/c1-12-7-8-13(2)14(10-12)19-16(24)11-21(3)17-18(23(25)26)22-9-5-4-6-15(22)20-17/h4-10H,11H2,1-3H3,(H,19,24). The molecular formula is C18H19N5O3. The van der Waals surface area contributed by atoms with Crippen molar-refractivity contribution in [1.29, 1.82) is 0 Å². The molecule has 8 nitrogen and oxygen atoms in total. The Kier molecular flexibility index (Phi) is 4.57. The van der Waals surface area contributed by atoms with Gasteiger partial charge in [0.2, 0.25) is 17.4 Å². The minimum Gasteiger partial charge on any atom is -0.358 e. The summed E-state index contributed by atoms with van der Waals surface area (Å²) in [5.74, 6) is -0.285. The van der Waals surface area contributed by atoms with E-state index >= 15 is 0 Å². The van der Waals surface area contributed by atoms with Crippen molar-refractivity contribution in [2.45, 2.75) is 13.8 Å². The van der Waals surface area contributed by atoms with Crippen LogP contribution in [0.1, 0.15) is 11.1 Å². The van der Waals surface area contributed by atoms with Crippen LogP contribution >= 0.6 is 0 Å². The number of carbonyl (C=O) groups is 1. The third-order valence-electron chi connectivity index (χ3n) is 4.07. The predicted octanol–water partition coefficient (Wildman–Crippen LogP) is 2.93. The van der Waals surface area contributed by atoms with E-state index in [0.29, 0.717) is 5.65 Å². The van der Waals surface area contributed by atoms with Crippen LogP contribution in [0.2, 0.25) is 0 Å². The lowest BCUT2D eigenvalue weighted by molar-refractivity contribution is -0.389. The number of hydrogen-bond donors (Lipinski definition) is 1. The number of hydrogen-bond acceptors (Lipinski definition) is 5. The van der Waals surface area contributed by atoms with Crippen molar-refractivity contribution < 1.29 is 9.72 Å². The van der Waals surface area contributed by atoms with Gasteiger partial charge in [0.25, 0.3) is 0 Å². The number of aromatic nitrogens is 2. The summed E-state index contributed by atoms with van der Waals surface area (Å²) < 4.78 is 1.40. The van der Waals surface area contributed by atoms with E-state index in [1.807, 2.05) is 32.0 Å². The van der Waals surface area contributed by atoms with Gasteiger partial charge in [-0.1, -0.05) is 18.2 Å². The number of benzene rings is 1. The molecule has 2 heterocycles. The number of aryl methyl sites for hydroxylation is 2. The summed E-state index contributed by atoms with van der Waals surface area (Å²) in [6.07, 6.45) is 1.58. The van der Waals surface area contributed by atoms with Crippen molar-refractivity contribution >= 4 is 28.9 Å². The number of rotatable bonds is 5. The Morgan fingerprint density at radius 2 is 2.08 bits per heavy atom. The van der Waals surface area contributed by atoms with Crippen LogP contribution in [0.4, 0.5) is 17.3 Å². The highest BCUT2D eigenvalue weighted by Crippen LogP contribution is 2.28. The van der Waals surface area contributed by atoms with Gasteiger partial charge in [-0.25, -0.2) is 0 Å². The molecule has 26 heavy (non-hydrogen) atoms. The molecule has 134 valence electrons. The van der Waals surface area contributed by atoms with Crippen LogP contribution in [-0.2, 0) is 4.79 Å². The molecule has 0 radical (unpaired) electrons. The number of fused-ring (bicyclic) bond motifs is 1. The first-order chi connectivity index (χ1) is 12.4. The SMILES string of the molecule is Cc1ccc(C)c(NC(=O)CN(C)c2nc3ccccn3c2[N+](=O)[O-])c1. The first-order valence-corrected chi connectivity index (χ1v) is 8.06. The third-order valence-corrected chi connectivity index (χ3v) is 4.07. The van der Waals surface area contributed by atoms with Crippen molar-refractivity contribution in [3.8, 4) is 0 Å². The van der Waals surface area contributed by atoms with Crippen LogP contribution in [0.15, 0.2) is 42.6 Å². The smallest absolute Gasteiger partial charge is 0.358 e. The lowest BCUT2D eigenvalue weighted by Gasteiger charge is -2.16. The maximum absolute atomic E-state index is 12.4. The van der Waals surface area contributed by atoms with E-state index in [4.69, 9.17) is 0 Å². The lowest BCUT2D eigenvalue weighted by Crippen LogP contribution is -2.31. The highest BCUT2D eigenvalue weighted by molar-refractivity contribution is 5.95. The van der Waals surface area contributed by atoms with E-state index in [1.165, 1.54) is 9.30 Å². The number of nitrogens with one attached hydrogen (secondary N) is 1. The van der Waals surface area contributed by atoms with E-state index in [1.54, 1.807) is 31.4 Å². The van der Waals surface area contributed by atoms with Crippen LogP contribution in [-0.4, -0.2) is 33.8 Å². The molecule has 0 atom stereocenters. The van der Waals surface area contributed by atoms with Crippen LogP contribution in [0.3, 0.4) is 0 Å². The molecule has 0 saturated heterocycles. The summed E-state index contributed by atoms with van der Waals surface area (Å²) in [7, 11) is 1.61. The molecule has 0 unspecified atom stereocenters. The molecular weight excluding hydrogens is 334 g/mol. The molecule has 0 bridgehead atoms. The molecule has 1 N–H and O–H groups in total. The molecule has 0 spiro atoms. The summed E-state index contributed by atoms with van der Waals surface area (Å²) in [5.41, 5.74) is 3.17. The largest absolute Gasteiger partial charge is 0.372 e. The van der Waals surface area contributed by atoms with Gasteiger partial charge in [-0.2, -0.15) is 9.38 Å². The number of anilines is 2. The first kappa shape index (κ1) is 17.4. The minimum absolute atomic E-state index is 0.0574. The van der Waals surface area contributed by atoms with Crippen molar-refractivity contribution in [3.05, 3.63) is 63.8 Å². The van der Waals surface area contributed by atoms with Crippen LogP contribution < -0.4 is 10.2 Å². The molecule has 0 aliphatic carbocycles. The molecule has 1 amide bonds. The first-order valence-electron chi connectivity index (χ1n) is 8.06. The minimum atomic E-state index is -0.492. The maximum Gasteiger partial charge on any atom is 0.372 e. The normalized spacial score (nSPS) is 10.7. The van der Waals surface area contributed by atoms with Crippen molar-refractivity contribution in [3.63, 3.8) is 0 Å². The molecule has 3 aromatic rings. The Hall–Kier alpha value is -3.42. The summed E-state index contributed by atoms with van der Waals surface area (Å²) in [5, 5.41) is 14.3. The van der Waals surface area contributed by atoms with Gasteiger partial charge in [-0.15, -0.1) is 0 Å². The third kappa shape index (κ3) is 3.34. The van der Waals surface area contributed by atoms with Crippen LogP contribution in [0, 0.1) is 24.0 Å². The zero-order valence-corrected chi connectivity index (χ0v) is 14.8. The van der Waals surface area contributed by atoms with Gasteiger partial charge in [0.05, 0.1) is 12.7 Å². The van der Waals surface area contributed by atoms with E-state index in [0.717, 1.165) is 16.8 Å². The van der Waals surface area contributed by atoms with E-state index in [9.17, 15) is 14.9 Å². The van der Waals surface area contributed by atoms with E-state index in [2.05, 4.69) is 10.3 Å². The average molecular weight is 353 g/mol. The monoisotopic (exact) mass is 353 g/mol. The average Bonchev–Trinajstić information content (AvgIpc) is 2.98. The number of nitro groups is 1. The van der Waals surface area contributed by atoms with Crippen molar-refractivity contribution in [2.75, 3.05) is 23.8 Å². The fraction of sp³-hybridized carbons (Fsp3) is 0.222. The summed E-state index contributed by atoms with van der Waals surface area (Å²) >= 11 is 0. The van der Waals surface area contributed by atoms with Crippen molar-refractivity contribution in [1.82, 2.24) is 9.38 Å². The van der Waals surface area contributed by atoms with Gasteiger partial charge < -0.3 is 20.3 Å². The van der Waals surface area contributed by atoms with Crippen LogP contribution in [0.25, 0.3) is 5.65 Å². The number of pyridine rings is 1. The number of imidazole rings is 1. The molecule has 2 aromatic heterocycles. The Labute approximate surface area is 150 Å². The fourth-order valence-electron chi connectivity index (χ4n) is 2.75. The van der Waals surface area contributed by atoms with E-state index in [-0.39, 0.29) is 24.1 Å². The molecule has 0 fully saturated rings. The summed E-state index contributed by atoms with van der Waals surface area (Å²) in [6, 6.07) is 10.9. The number of nitrogens with zero attached hydrogens (tertiary/aromatic N) is 4. The molecule has 3 rings (SSSR count). The summed E-state index contributed by atoms with van der Waals surface area (Å²) in [4.78, 5) is 29.2. The van der Waals surface area contributed by atoms with Crippen LogP contribution in [0.5, 0.6) is 0 Å². The Morgan fingerprint density at radius 1 is 1.31 bits per heavy atom. The Bertz CT molecular complexity index is 996. The zero-order chi connectivity index (χ0) is 18.8. The van der Waals surface area contributed by atoms with Gasteiger partial charge in [-0.05, 0) is 42.0 Å². The van der Waals surface area contributed by atoms with E-state index < -0.39 is 4.92 Å². The lowest BCUT2D eigenvalue weighted by atomic mass is 10.1. The predicted molar refractivity (Wildman–Crippen MR) is 99.7 cm³/mol. The van der Waals surface area contributed by atoms with Crippen molar-refractivity contribution in [2.24, 2.45) is 0 Å². The van der Waals surface area contributed by atoms with Gasteiger partial charge >= 0.3 is 5.82 Å². The highest BCUT2D eigenvalue weighted by atomic mass is 16.6. The molecule has 0 aliphatic heterocycles. The topological polar surface area (TPSA) is 92.8 Å². The summed E-state index contributed by atoms with van der Waals surface area (Å²) in [6.45, 7) is 3.80. The van der Waals surface area contributed by atoms with Gasteiger partial charge in [-0.3, -0.25) is 4.79 Å². The fourth-order valence-corrected chi connectivity index (χ4v) is 2.75. The molecule has 0 aliphatic rings. The Morgan fingerprint density at radius 3 is 2.81 bits per heavy atom. The van der Waals surface area contributed by atoms with Gasteiger partial charge in [0, 0.05) is 18.8 Å². The number of carbonyl (C=O) groups excluding carboxylic acids is 1. The molecule has 8 heteroatoms. The van der Waals surface area contributed by atoms with Gasteiger partial charge in [0.15, 0.2) is 0 Å². The quantitative estimate of drug-likeness (QED) is 0.562. The highest BCUT2D eigenvalue weighted by Gasteiger charge is 2.26. The number of likely N-dealkylation sites (N-methyl/N-ethyl adjacent to an activating group) is 1. The van der Waals surface area contributed by atoms with Gasteiger partial charge in [0.1, 0.15) is 0 Å². The Balaban J connectivity index is 1.84. The second-order valence-corrected chi connectivity index (χ2v) is 6.17.